The van der Waals surface area contributed by atoms with Gasteiger partial charge < -0.3 is 13.7 Å². The van der Waals surface area contributed by atoms with Crippen LogP contribution in [0.2, 0.25) is 0 Å². The Morgan fingerprint density at radius 2 is 0.434 bits per heavy atom. The molecule has 0 fully saturated rings. The predicted molar refractivity (Wildman–Crippen MR) is 202 cm³/mol. The van der Waals surface area contributed by atoms with Gasteiger partial charge in [0.15, 0.2) is 0 Å². The molecular formula is C36H75NaO12S3Zn. The summed E-state index contributed by atoms with van der Waals surface area (Å²) in [5.41, 5.74) is 0. The van der Waals surface area contributed by atoms with E-state index in [0.717, 1.165) is 38.5 Å². The van der Waals surface area contributed by atoms with Crippen molar-refractivity contribution in [1.82, 2.24) is 0 Å². The summed E-state index contributed by atoms with van der Waals surface area (Å²) in [6.07, 6.45) is 35.1. The van der Waals surface area contributed by atoms with Crippen LogP contribution in [0.1, 0.15) is 213 Å². The fourth-order valence-corrected chi connectivity index (χ4v) is 6.22. The van der Waals surface area contributed by atoms with Gasteiger partial charge in [0, 0.05) is 0 Å². The molecule has 0 aliphatic heterocycles. The molecule has 0 aromatic rings. The second kappa shape index (κ2) is 47.6. The summed E-state index contributed by atoms with van der Waals surface area (Å²) < 4.78 is 103. The zero-order chi connectivity index (χ0) is 39.0. The van der Waals surface area contributed by atoms with E-state index in [9.17, 15) is 38.9 Å². The standard InChI is InChI=1S/3C12H26O4S.Na.Zn/c3*1-2-3-4-5-6-7-8-9-10-11-12-16-17(13,14)15;;/h3*2-12H2,1H3,(H,13,14,15);;/q;;;+1;+2/p-3. The van der Waals surface area contributed by atoms with Crippen LogP contribution in [-0.2, 0) is 63.2 Å². The second-order valence-electron chi connectivity index (χ2n) is 13.2. The van der Waals surface area contributed by atoms with Crippen LogP contribution < -0.4 is 29.6 Å². The van der Waals surface area contributed by atoms with Crippen LogP contribution >= 0.6 is 0 Å². The molecule has 0 bridgehead atoms. The van der Waals surface area contributed by atoms with E-state index in [-0.39, 0.29) is 68.9 Å². The van der Waals surface area contributed by atoms with Crippen molar-refractivity contribution in [3.63, 3.8) is 0 Å². The van der Waals surface area contributed by atoms with Gasteiger partial charge in [-0.05, 0) is 19.3 Å². The molecule has 0 heterocycles. The molecule has 0 aliphatic rings. The topological polar surface area (TPSA) is 199 Å². The Bertz CT molecular complexity index is 890. The van der Waals surface area contributed by atoms with Crippen molar-refractivity contribution in [2.75, 3.05) is 19.8 Å². The van der Waals surface area contributed by atoms with Crippen LogP contribution in [0.4, 0.5) is 0 Å². The van der Waals surface area contributed by atoms with Crippen molar-refractivity contribution in [1.29, 1.82) is 0 Å². The average Bonchev–Trinajstić information content (AvgIpc) is 3.04. The molecule has 0 unspecified atom stereocenters. The van der Waals surface area contributed by atoms with Gasteiger partial charge in [-0.1, -0.05) is 194 Å². The maximum Gasteiger partial charge on any atom is 2.00 e. The molecule has 0 atom stereocenters. The van der Waals surface area contributed by atoms with E-state index in [0.29, 0.717) is 19.3 Å². The molecule has 0 radical (unpaired) electrons. The smallest absolute Gasteiger partial charge is 0.726 e. The molecule has 312 valence electrons. The van der Waals surface area contributed by atoms with Gasteiger partial charge in [0.25, 0.3) is 0 Å². The van der Waals surface area contributed by atoms with Crippen molar-refractivity contribution < 1.29 is 100 Å². The van der Waals surface area contributed by atoms with E-state index in [1.165, 1.54) is 135 Å². The first-order chi connectivity index (χ1) is 24.2. The van der Waals surface area contributed by atoms with Crippen molar-refractivity contribution in [3.8, 4) is 0 Å². The molecule has 0 aromatic heterocycles. The monoisotopic (exact) mass is 882 g/mol. The largest absolute Gasteiger partial charge is 2.00 e. The zero-order valence-corrected chi connectivity index (χ0v) is 41.6. The fraction of sp³-hybridized carbons (Fsp3) is 1.00. The molecule has 0 rings (SSSR count). The third-order valence-corrected chi connectivity index (χ3v) is 9.54. The van der Waals surface area contributed by atoms with Crippen LogP contribution in [0.25, 0.3) is 0 Å². The van der Waals surface area contributed by atoms with Gasteiger partial charge in [0.1, 0.15) is 0 Å². The Hall–Kier alpha value is 1.23. The summed E-state index contributed by atoms with van der Waals surface area (Å²) in [4.78, 5) is 0. The third kappa shape index (κ3) is 74.8. The Kier molecular flexibility index (Phi) is 57.0. The maximum atomic E-state index is 10.1. The van der Waals surface area contributed by atoms with E-state index in [1.54, 1.807) is 0 Å². The minimum Gasteiger partial charge on any atom is -0.726 e. The molecule has 0 spiro atoms. The molecule has 12 nitrogen and oxygen atoms in total. The maximum absolute atomic E-state index is 10.1. The molecule has 0 amide bonds. The van der Waals surface area contributed by atoms with Gasteiger partial charge >= 0.3 is 49.0 Å². The van der Waals surface area contributed by atoms with Gasteiger partial charge in [-0.3, -0.25) is 12.5 Å². The normalized spacial score (nSPS) is 11.4. The second-order valence-corrected chi connectivity index (χ2v) is 16.4. The summed E-state index contributed by atoms with van der Waals surface area (Å²) in [6, 6.07) is 0. The molecule has 0 aromatic carbocycles. The first-order valence-electron chi connectivity index (χ1n) is 20.0. The van der Waals surface area contributed by atoms with Gasteiger partial charge in [0.05, 0.1) is 19.8 Å². The first-order valence-corrected chi connectivity index (χ1v) is 24.0. The average molecular weight is 885 g/mol. The van der Waals surface area contributed by atoms with Gasteiger partial charge in [0.2, 0.25) is 31.2 Å². The summed E-state index contributed by atoms with van der Waals surface area (Å²) in [5, 5.41) is 0. The van der Waals surface area contributed by atoms with Crippen LogP contribution in [0.5, 0.6) is 0 Å². The minimum absolute atomic E-state index is 0. The van der Waals surface area contributed by atoms with E-state index < -0.39 is 31.2 Å². The summed E-state index contributed by atoms with van der Waals surface area (Å²) in [7, 11) is -13.5. The number of hydrogen-bond acceptors (Lipinski definition) is 12. The van der Waals surface area contributed by atoms with Crippen LogP contribution in [0, 0.1) is 0 Å². The van der Waals surface area contributed by atoms with Crippen LogP contribution in [0.3, 0.4) is 0 Å². The molecule has 17 heteroatoms. The van der Waals surface area contributed by atoms with E-state index in [1.807, 2.05) is 0 Å². The summed E-state index contributed by atoms with van der Waals surface area (Å²) in [6.45, 7) is 6.73. The Balaban J connectivity index is -0.000000213. The van der Waals surface area contributed by atoms with E-state index in [2.05, 4.69) is 33.3 Å². The van der Waals surface area contributed by atoms with E-state index >= 15 is 0 Å². The van der Waals surface area contributed by atoms with Crippen molar-refractivity contribution in [2.24, 2.45) is 0 Å². The van der Waals surface area contributed by atoms with Crippen molar-refractivity contribution in [3.05, 3.63) is 0 Å². The molecular weight excluding hydrogens is 809 g/mol. The predicted octanol–water partition coefficient (Wildman–Crippen LogP) is 7.15. The molecule has 0 N–H and O–H groups in total. The quantitative estimate of drug-likeness (QED) is 0.0267. The Morgan fingerprint density at radius 1 is 0.302 bits per heavy atom. The Morgan fingerprint density at radius 3 is 0.566 bits per heavy atom. The summed E-state index contributed by atoms with van der Waals surface area (Å²) >= 11 is 0. The van der Waals surface area contributed by atoms with Crippen LogP contribution in [-0.4, -0.2) is 58.7 Å². The molecule has 53 heavy (non-hydrogen) atoms. The molecule has 0 saturated heterocycles. The number of unbranched alkanes of at least 4 members (excludes halogenated alkanes) is 27. The SMILES string of the molecule is CCCCCCCCCCCCOS(=O)(=O)[O-].CCCCCCCCCCCCOS(=O)(=O)[O-].CCCCCCCCCCCCOS(=O)(=O)[O-].[Na+].[Zn+2]. The van der Waals surface area contributed by atoms with Gasteiger partial charge in [-0.2, -0.15) is 0 Å². The summed E-state index contributed by atoms with van der Waals surface area (Å²) in [5.74, 6) is 0. The zero-order valence-electron chi connectivity index (χ0n) is 34.2. The van der Waals surface area contributed by atoms with Crippen LogP contribution in [0.15, 0.2) is 0 Å². The number of hydrogen-bond donors (Lipinski definition) is 0. The Labute approximate surface area is 362 Å². The molecule has 0 saturated carbocycles. The van der Waals surface area contributed by atoms with Gasteiger partial charge in [-0.25, -0.2) is 25.3 Å². The van der Waals surface area contributed by atoms with E-state index in [4.69, 9.17) is 0 Å². The van der Waals surface area contributed by atoms with Crippen molar-refractivity contribution >= 4 is 31.2 Å². The van der Waals surface area contributed by atoms with Crippen molar-refractivity contribution in [2.45, 2.75) is 213 Å². The third-order valence-electron chi connectivity index (χ3n) is 8.18. The number of rotatable bonds is 36. The molecule has 0 aliphatic carbocycles. The minimum atomic E-state index is -4.48. The van der Waals surface area contributed by atoms with Gasteiger partial charge in [-0.15, -0.1) is 0 Å². The fourth-order valence-electron chi connectivity index (χ4n) is 5.25. The first kappa shape index (κ1) is 63.4.